The van der Waals surface area contributed by atoms with Crippen LogP contribution >= 0.6 is 0 Å². The Balaban J connectivity index is 3.43. The fraction of sp³-hybridized carbons (Fsp3) is 0.444. The van der Waals surface area contributed by atoms with Gasteiger partial charge in [0.05, 0.1) is 0 Å². The summed E-state index contributed by atoms with van der Waals surface area (Å²) in [5.41, 5.74) is 3.64. The van der Waals surface area contributed by atoms with Crippen molar-refractivity contribution in [2.45, 2.75) is 27.2 Å². The SMILES string of the molecule is CCc1c(C=O)c(C)n(N)c1C. The van der Waals surface area contributed by atoms with E-state index in [1.165, 1.54) is 0 Å². The molecule has 2 N–H and O–H groups in total. The molecule has 0 aliphatic rings. The molecule has 3 heteroatoms. The van der Waals surface area contributed by atoms with E-state index in [-0.39, 0.29) is 0 Å². The predicted octanol–water partition coefficient (Wildman–Crippen LogP) is 1.19. The van der Waals surface area contributed by atoms with Crippen LogP contribution in [0.15, 0.2) is 0 Å². The van der Waals surface area contributed by atoms with Crippen LogP contribution in [0.2, 0.25) is 0 Å². The molecule has 0 aliphatic heterocycles. The van der Waals surface area contributed by atoms with Crippen molar-refractivity contribution in [2.24, 2.45) is 0 Å². The first-order valence-electron chi connectivity index (χ1n) is 4.04. The van der Waals surface area contributed by atoms with Crippen LogP contribution in [0.1, 0.15) is 34.2 Å². The van der Waals surface area contributed by atoms with Crippen LogP contribution in [0.5, 0.6) is 0 Å². The molecule has 0 saturated carbocycles. The smallest absolute Gasteiger partial charge is 0.152 e. The van der Waals surface area contributed by atoms with Crippen molar-refractivity contribution in [3.8, 4) is 0 Å². The van der Waals surface area contributed by atoms with Gasteiger partial charge in [0.2, 0.25) is 0 Å². The summed E-state index contributed by atoms with van der Waals surface area (Å²) in [7, 11) is 0. The number of nitrogens with zero attached hydrogens (tertiary/aromatic N) is 1. The van der Waals surface area contributed by atoms with Crippen LogP contribution in [0.4, 0.5) is 0 Å². The van der Waals surface area contributed by atoms with Crippen LogP contribution in [-0.4, -0.2) is 11.0 Å². The van der Waals surface area contributed by atoms with Gasteiger partial charge in [-0.25, -0.2) is 0 Å². The number of hydrogen-bond acceptors (Lipinski definition) is 2. The van der Waals surface area contributed by atoms with Crippen molar-refractivity contribution in [1.29, 1.82) is 0 Å². The number of nitrogens with two attached hydrogens (primary N) is 1. The van der Waals surface area contributed by atoms with E-state index >= 15 is 0 Å². The third-order valence-electron chi connectivity index (χ3n) is 2.35. The van der Waals surface area contributed by atoms with Crippen LogP contribution in [-0.2, 0) is 6.42 Å². The molecule has 1 heterocycles. The average molecular weight is 166 g/mol. The number of aldehydes is 1. The Kier molecular flexibility index (Phi) is 2.22. The second kappa shape index (κ2) is 3.01. The van der Waals surface area contributed by atoms with Crippen molar-refractivity contribution in [1.82, 2.24) is 4.68 Å². The highest BCUT2D eigenvalue weighted by Gasteiger charge is 2.13. The molecule has 0 spiro atoms. The minimum atomic E-state index is 0.748. The van der Waals surface area contributed by atoms with Gasteiger partial charge < -0.3 is 5.84 Å². The summed E-state index contributed by atoms with van der Waals surface area (Å²) < 4.78 is 1.57. The fourth-order valence-electron chi connectivity index (χ4n) is 1.54. The maximum Gasteiger partial charge on any atom is 0.152 e. The highest BCUT2D eigenvalue weighted by molar-refractivity contribution is 5.80. The Morgan fingerprint density at radius 2 is 2.00 bits per heavy atom. The van der Waals surface area contributed by atoms with Crippen molar-refractivity contribution < 1.29 is 4.79 Å². The van der Waals surface area contributed by atoms with Gasteiger partial charge >= 0.3 is 0 Å². The number of carbonyl (C=O) groups excluding carboxylic acids is 1. The molecule has 66 valence electrons. The fourth-order valence-corrected chi connectivity index (χ4v) is 1.54. The first kappa shape index (κ1) is 8.84. The Hall–Kier alpha value is -1.25. The molecule has 0 atom stereocenters. The van der Waals surface area contributed by atoms with Gasteiger partial charge in [-0.2, -0.15) is 0 Å². The third-order valence-corrected chi connectivity index (χ3v) is 2.35. The van der Waals surface area contributed by atoms with E-state index in [4.69, 9.17) is 5.84 Å². The normalized spacial score (nSPS) is 10.2. The van der Waals surface area contributed by atoms with E-state index < -0.39 is 0 Å². The minimum absolute atomic E-state index is 0.748. The topological polar surface area (TPSA) is 48.0 Å². The molecule has 1 aromatic rings. The summed E-state index contributed by atoms with van der Waals surface area (Å²) in [4.78, 5) is 10.7. The van der Waals surface area contributed by atoms with Crippen LogP contribution in [0.3, 0.4) is 0 Å². The molecule has 1 aromatic heterocycles. The molecule has 0 amide bonds. The summed E-state index contributed by atoms with van der Waals surface area (Å²) in [6.07, 6.45) is 1.73. The number of carbonyl (C=O) groups is 1. The van der Waals surface area contributed by atoms with Crippen LogP contribution in [0.25, 0.3) is 0 Å². The molecule has 0 saturated heterocycles. The van der Waals surface area contributed by atoms with Crippen molar-refractivity contribution in [3.63, 3.8) is 0 Å². The van der Waals surface area contributed by atoms with Gasteiger partial charge in [-0.3, -0.25) is 9.47 Å². The Labute approximate surface area is 72.1 Å². The zero-order valence-electron chi connectivity index (χ0n) is 7.72. The monoisotopic (exact) mass is 166 g/mol. The number of nitrogen functional groups attached to an aromatic ring is 1. The summed E-state index contributed by atoms with van der Waals surface area (Å²) in [6.45, 7) is 5.81. The molecular formula is C9H14N2O. The lowest BCUT2D eigenvalue weighted by molar-refractivity contribution is 0.112. The average Bonchev–Trinajstić information content (AvgIpc) is 2.29. The molecule has 3 nitrogen and oxygen atoms in total. The minimum Gasteiger partial charge on any atom is -0.339 e. The van der Waals surface area contributed by atoms with E-state index in [9.17, 15) is 4.79 Å². The largest absolute Gasteiger partial charge is 0.339 e. The molecule has 12 heavy (non-hydrogen) atoms. The first-order valence-corrected chi connectivity index (χ1v) is 4.04. The van der Waals surface area contributed by atoms with Gasteiger partial charge in [-0.15, -0.1) is 0 Å². The van der Waals surface area contributed by atoms with Gasteiger partial charge in [0.15, 0.2) is 6.29 Å². The maximum atomic E-state index is 10.7. The van der Waals surface area contributed by atoms with E-state index in [0.717, 1.165) is 35.2 Å². The second-order valence-corrected chi connectivity index (χ2v) is 2.90. The summed E-state index contributed by atoms with van der Waals surface area (Å²) >= 11 is 0. The molecule has 1 rings (SSSR count). The van der Waals surface area contributed by atoms with Gasteiger partial charge in [-0.05, 0) is 25.8 Å². The first-order chi connectivity index (χ1) is 5.63. The third kappa shape index (κ3) is 1.02. The number of rotatable bonds is 2. The number of hydrogen-bond donors (Lipinski definition) is 1. The summed E-state index contributed by atoms with van der Waals surface area (Å²) in [6, 6.07) is 0. The van der Waals surface area contributed by atoms with Crippen molar-refractivity contribution >= 4 is 6.29 Å². The zero-order valence-corrected chi connectivity index (χ0v) is 7.72. The molecule has 0 unspecified atom stereocenters. The zero-order chi connectivity index (χ0) is 9.30. The van der Waals surface area contributed by atoms with Gasteiger partial charge in [0.25, 0.3) is 0 Å². The van der Waals surface area contributed by atoms with Gasteiger partial charge in [-0.1, -0.05) is 6.92 Å². The lowest BCUT2D eigenvalue weighted by Crippen LogP contribution is -2.12. The molecule has 0 aliphatic carbocycles. The van der Waals surface area contributed by atoms with E-state index in [1.54, 1.807) is 4.68 Å². The lowest BCUT2D eigenvalue weighted by atomic mass is 10.1. The molecule has 0 aromatic carbocycles. The van der Waals surface area contributed by atoms with E-state index in [1.807, 2.05) is 20.8 Å². The standard InChI is InChI=1S/C9H14N2O/c1-4-8-6(2)11(10)7(3)9(8)5-12/h5H,4,10H2,1-3H3. The Morgan fingerprint density at radius 1 is 1.42 bits per heavy atom. The molecule has 0 bridgehead atoms. The van der Waals surface area contributed by atoms with Crippen molar-refractivity contribution in [3.05, 3.63) is 22.5 Å². The molecule has 0 fully saturated rings. The molecular weight excluding hydrogens is 152 g/mol. The summed E-state index contributed by atoms with van der Waals surface area (Å²) in [5, 5.41) is 0. The van der Waals surface area contributed by atoms with Gasteiger partial charge in [0.1, 0.15) is 0 Å². The number of aromatic nitrogens is 1. The lowest BCUT2D eigenvalue weighted by Gasteiger charge is -1.98. The van der Waals surface area contributed by atoms with Gasteiger partial charge in [0, 0.05) is 17.0 Å². The van der Waals surface area contributed by atoms with Crippen LogP contribution < -0.4 is 5.84 Å². The quantitative estimate of drug-likeness (QED) is 0.530. The van der Waals surface area contributed by atoms with Crippen molar-refractivity contribution in [2.75, 3.05) is 5.84 Å². The van der Waals surface area contributed by atoms with Crippen LogP contribution in [0, 0.1) is 13.8 Å². The summed E-state index contributed by atoms with van der Waals surface area (Å²) in [5.74, 6) is 5.71. The van der Waals surface area contributed by atoms with E-state index in [2.05, 4.69) is 0 Å². The Bertz CT molecular complexity index is 313. The second-order valence-electron chi connectivity index (χ2n) is 2.90. The highest BCUT2D eigenvalue weighted by Crippen LogP contribution is 2.18. The highest BCUT2D eigenvalue weighted by atomic mass is 16.1. The van der Waals surface area contributed by atoms with E-state index in [0.29, 0.717) is 0 Å². The Morgan fingerprint density at radius 3 is 2.33 bits per heavy atom. The molecule has 0 radical (unpaired) electrons. The predicted molar refractivity (Wildman–Crippen MR) is 48.8 cm³/mol. The maximum absolute atomic E-state index is 10.7.